The molecular formula is C43H50N4O8S. The fourth-order valence-electron chi connectivity index (χ4n) is 6.46. The lowest BCUT2D eigenvalue weighted by Crippen LogP contribution is -2.33. The Morgan fingerprint density at radius 1 is 0.750 bits per heavy atom. The minimum Gasteiger partial charge on any atom is -0.481 e. The number of carbonyl (C=O) groups excluding carboxylic acids is 3. The van der Waals surface area contributed by atoms with Gasteiger partial charge in [-0.25, -0.2) is 4.79 Å². The highest BCUT2D eigenvalue weighted by Crippen LogP contribution is 2.39. The summed E-state index contributed by atoms with van der Waals surface area (Å²) in [5.41, 5.74) is 5.89. The number of fused-ring (bicyclic) bond motifs is 1. The summed E-state index contributed by atoms with van der Waals surface area (Å²) < 4.78 is 4.94. The maximum Gasteiger partial charge on any atom is 0.335 e. The molecule has 4 aromatic rings. The third kappa shape index (κ3) is 12.6. The fourth-order valence-corrected chi connectivity index (χ4v) is 7.74. The van der Waals surface area contributed by atoms with Gasteiger partial charge in [-0.2, -0.15) is 0 Å². The van der Waals surface area contributed by atoms with Gasteiger partial charge in [-0.1, -0.05) is 36.4 Å². The van der Waals surface area contributed by atoms with Gasteiger partial charge in [0.15, 0.2) is 0 Å². The molecule has 2 heterocycles. The highest BCUT2D eigenvalue weighted by atomic mass is 32.1. The number of ether oxygens (including phenoxy) is 1. The molecule has 0 radical (unpaired) electrons. The monoisotopic (exact) mass is 782 g/mol. The van der Waals surface area contributed by atoms with Gasteiger partial charge in [-0.05, 0) is 110 Å². The first-order valence-electron chi connectivity index (χ1n) is 19.1. The molecular weight excluding hydrogens is 733 g/mol. The largest absolute Gasteiger partial charge is 0.481 e. The molecule has 0 bridgehead atoms. The van der Waals surface area contributed by atoms with E-state index in [0.29, 0.717) is 41.4 Å². The summed E-state index contributed by atoms with van der Waals surface area (Å²) in [6.07, 6.45) is 7.50. The molecule has 1 aliphatic heterocycles. The predicted octanol–water partition coefficient (Wildman–Crippen LogP) is 6.82. The van der Waals surface area contributed by atoms with Crippen LogP contribution in [0.4, 0.5) is 10.7 Å². The molecule has 56 heavy (non-hydrogen) atoms. The van der Waals surface area contributed by atoms with Crippen LogP contribution in [0, 0.1) is 0 Å². The molecule has 1 aliphatic carbocycles. The number of carboxylic acids is 2. The van der Waals surface area contributed by atoms with E-state index in [-0.39, 0.29) is 36.1 Å². The number of aryl methyl sites for hydroxylation is 3. The highest BCUT2D eigenvalue weighted by molar-refractivity contribution is 7.17. The molecule has 6 rings (SSSR count). The topological polar surface area (TPSA) is 174 Å². The molecule has 2 aliphatic rings. The minimum atomic E-state index is -1.00. The van der Waals surface area contributed by atoms with Gasteiger partial charge in [0.1, 0.15) is 5.00 Å². The van der Waals surface area contributed by atoms with Crippen molar-refractivity contribution in [1.82, 2.24) is 10.2 Å². The van der Waals surface area contributed by atoms with Crippen molar-refractivity contribution in [3.63, 3.8) is 0 Å². The Balaban J connectivity index is 0.00000111. The number of aliphatic carboxylic acids is 1. The van der Waals surface area contributed by atoms with Crippen molar-refractivity contribution in [2.45, 2.75) is 70.8 Å². The Kier molecular flexibility index (Phi) is 15.7. The molecule has 1 fully saturated rings. The number of aromatic carboxylic acids is 1. The van der Waals surface area contributed by atoms with E-state index < -0.39 is 11.9 Å². The van der Waals surface area contributed by atoms with E-state index in [9.17, 15) is 24.0 Å². The van der Waals surface area contributed by atoms with E-state index in [1.807, 2.05) is 42.5 Å². The average molecular weight is 783 g/mol. The first-order chi connectivity index (χ1) is 27.1. The second-order valence-corrected chi connectivity index (χ2v) is 15.0. The van der Waals surface area contributed by atoms with Crippen molar-refractivity contribution in [2.75, 3.05) is 44.0 Å². The molecule has 0 saturated carbocycles. The van der Waals surface area contributed by atoms with E-state index in [4.69, 9.17) is 14.9 Å². The van der Waals surface area contributed by atoms with Gasteiger partial charge >= 0.3 is 11.9 Å². The molecule has 0 atom stereocenters. The van der Waals surface area contributed by atoms with Crippen molar-refractivity contribution in [3.8, 4) is 0 Å². The van der Waals surface area contributed by atoms with Crippen LogP contribution in [-0.4, -0.2) is 78.1 Å². The van der Waals surface area contributed by atoms with Crippen LogP contribution in [0.25, 0.3) is 0 Å². The predicted molar refractivity (Wildman–Crippen MR) is 217 cm³/mol. The number of nitrogens with one attached hydrogen (secondary N) is 3. The number of anilines is 2. The maximum atomic E-state index is 13.8. The highest BCUT2D eigenvalue weighted by Gasteiger charge is 2.27. The van der Waals surface area contributed by atoms with E-state index in [2.05, 4.69) is 16.0 Å². The number of amides is 3. The minimum absolute atomic E-state index is 0.0380. The first-order valence-corrected chi connectivity index (χ1v) is 19.9. The SMILES string of the molecule is C1CCOC1.CN(CCNCc1cccc(C(=O)Nc2sc3c(c2C(=O)Nc2ccc(CCc4ccc(C(=O)O)cc4)cc2)CCCC3)c1)C(=O)CCC(=O)O. The molecule has 0 spiro atoms. The third-order valence-electron chi connectivity index (χ3n) is 9.69. The van der Waals surface area contributed by atoms with E-state index >= 15 is 0 Å². The zero-order valence-corrected chi connectivity index (χ0v) is 32.6. The number of hydrogen-bond donors (Lipinski definition) is 5. The molecule has 13 heteroatoms. The molecule has 1 aromatic heterocycles. The zero-order chi connectivity index (χ0) is 39.9. The lowest BCUT2D eigenvalue weighted by molar-refractivity contribution is -0.140. The van der Waals surface area contributed by atoms with Crippen LogP contribution in [0.15, 0.2) is 72.8 Å². The van der Waals surface area contributed by atoms with Crippen molar-refractivity contribution in [3.05, 3.63) is 117 Å². The number of nitrogens with zero attached hydrogens (tertiary/aromatic N) is 1. The number of thiophene rings is 1. The van der Waals surface area contributed by atoms with Crippen LogP contribution in [0.1, 0.15) is 96.7 Å². The molecule has 296 valence electrons. The zero-order valence-electron chi connectivity index (χ0n) is 31.7. The summed E-state index contributed by atoms with van der Waals surface area (Å²) in [5, 5.41) is 27.7. The van der Waals surface area contributed by atoms with E-state index in [1.54, 1.807) is 37.4 Å². The standard InChI is InChI=1S/C39H42N4O7S.C4H8O/c1-43(33(44)19-20-34(45)46)22-21-40-24-27-5-4-6-29(23-27)36(47)42-38-35(31-7-2-3-8-32(31)51-38)37(48)41-30-17-13-26(14-18-30)10-9-25-11-15-28(16-12-25)39(49)50;1-2-4-5-3-1/h4-6,11-18,23,40H,2-3,7-10,19-22,24H2,1H3,(H,41,48)(H,42,47)(H,45,46)(H,49,50);1-4H2. The van der Waals surface area contributed by atoms with Gasteiger partial charge in [-0.15, -0.1) is 11.3 Å². The van der Waals surface area contributed by atoms with Crippen molar-refractivity contribution >= 4 is 51.7 Å². The van der Waals surface area contributed by atoms with Gasteiger partial charge in [0.25, 0.3) is 11.8 Å². The van der Waals surface area contributed by atoms with Crippen LogP contribution >= 0.6 is 11.3 Å². The molecule has 12 nitrogen and oxygen atoms in total. The molecule has 0 unspecified atom stereocenters. The Bertz CT molecular complexity index is 1960. The average Bonchev–Trinajstić information content (AvgIpc) is 3.91. The Morgan fingerprint density at radius 3 is 2.07 bits per heavy atom. The number of carbonyl (C=O) groups is 5. The number of hydrogen-bond acceptors (Lipinski definition) is 8. The lowest BCUT2D eigenvalue weighted by atomic mass is 9.95. The van der Waals surface area contributed by atoms with Gasteiger partial charge in [0.05, 0.1) is 17.5 Å². The van der Waals surface area contributed by atoms with Gasteiger partial charge < -0.3 is 35.8 Å². The second-order valence-electron chi connectivity index (χ2n) is 13.9. The van der Waals surface area contributed by atoms with Crippen molar-refractivity contribution in [2.24, 2.45) is 0 Å². The molecule has 5 N–H and O–H groups in total. The quantitative estimate of drug-likeness (QED) is 0.0764. The Hall–Kier alpha value is -5.37. The van der Waals surface area contributed by atoms with Gasteiger partial charge in [-0.3, -0.25) is 19.2 Å². The summed E-state index contributed by atoms with van der Waals surface area (Å²) in [4.78, 5) is 63.8. The summed E-state index contributed by atoms with van der Waals surface area (Å²) in [7, 11) is 1.64. The maximum absolute atomic E-state index is 13.8. The normalized spacial score (nSPS) is 13.2. The van der Waals surface area contributed by atoms with E-state index in [1.165, 1.54) is 29.1 Å². The van der Waals surface area contributed by atoms with Gasteiger partial charge in [0.2, 0.25) is 5.91 Å². The summed E-state index contributed by atoms with van der Waals surface area (Å²) in [5.74, 6) is -2.75. The smallest absolute Gasteiger partial charge is 0.335 e. The number of rotatable bonds is 16. The second kappa shape index (κ2) is 21.1. The van der Waals surface area contributed by atoms with Gasteiger partial charge in [0, 0.05) is 62.4 Å². The first kappa shape index (κ1) is 41.8. The van der Waals surface area contributed by atoms with Crippen LogP contribution in [0.2, 0.25) is 0 Å². The summed E-state index contributed by atoms with van der Waals surface area (Å²) in [6, 6.07) is 21.8. The lowest BCUT2D eigenvalue weighted by Gasteiger charge is -2.17. The van der Waals surface area contributed by atoms with Crippen LogP contribution in [0.3, 0.4) is 0 Å². The van der Waals surface area contributed by atoms with Crippen LogP contribution in [0.5, 0.6) is 0 Å². The van der Waals surface area contributed by atoms with E-state index in [0.717, 1.165) is 78.9 Å². The summed E-state index contributed by atoms with van der Waals surface area (Å²) >= 11 is 1.46. The Morgan fingerprint density at radius 2 is 1.43 bits per heavy atom. The van der Waals surface area contributed by atoms with Crippen LogP contribution in [-0.2, 0) is 46.6 Å². The van der Waals surface area contributed by atoms with Crippen molar-refractivity contribution < 1.29 is 38.9 Å². The number of carboxylic acid groups (broad SMARTS) is 2. The molecule has 3 aromatic carbocycles. The van der Waals surface area contributed by atoms with Crippen LogP contribution < -0.4 is 16.0 Å². The third-order valence-corrected chi connectivity index (χ3v) is 10.9. The Labute approximate surface area is 331 Å². The number of benzene rings is 3. The summed E-state index contributed by atoms with van der Waals surface area (Å²) in [6.45, 7) is 3.39. The van der Waals surface area contributed by atoms with Crippen molar-refractivity contribution in [1.29, 1.82) is 0 Å². The molecule has 3 amide bonds. The number of likely N-dealkylation sites (N-methyl/N-ethyl adjacent to an activating group) is 1. The molecule has 1 saturated heterocycles. The fraction of sp³-hybridized carbons (Fsp3) is 0.372.